The van der Waals surface area contributed by atoms with Crippen molar-refractivity contribution in [2.45, 2.75) is 32.4 Å². The second-order valence-corrected chi connectivity index (χ2v) is 7.14. The maximum absolute atomic E-state index is 15.1. The first kappa shape index (κ1) is 18.7. The molecule has 146 valence electrons. The fourth-order valence-corrected chi connectivity index (χ4v) is 3.10. The van der Waals surface area contributed by atoms with E-state index in [1.807, 2.05) is 20.8 Å². The largest absolute Gasteiger partial charge is 0.483 e. The van der Waals surface area contributed by atoms with Crippen molar-refractivity contribution >= 4 is 29.2 Å². The molecule has 10 heteroatoms. The van der Waals surface area contributed by atoms with Crippen molar-refractivity contribution in [3.63, 3.8) is 0 Å². The van der Waals surface area contributed by atoms with Crippen molar-refractivity contribution in [3.8, 4) is 5.75 Å². The molecular formula is C17H21FN4O5. The molecule has 0 bridgehead atoms. The molecule has 3 rings (SSSR count). The van der Waals surface area contributed by atoms with E-state index in [0.29, 0.717) is 5.84 Å². The fraction of sp³-hybridized carbons (Fsp3) is 0.471. The highest BCUT2D eigenvalue weighted by Gasteiger charge is 2.39. The van der Waals surface area contributed by atoms with Crippen molar-refractivity contribution in [1.82, 2.24) is 0 Å². The van der Waals surface area contributed by atoms with Gasteiger partial charge in [0.15, 0.2) is 17.8 Å². The first-order valence-corrected chi connectivity index (χ1v) is 8.27. The minimum absolute atomic E-state index is 0.0648. The number of primary amides is 1. The number of fused-ring (bicyclic) bond motifs is 1. The summed E-state index contributed by atoms with van der Waals surface area (Å²) in [6.07, 6.45) is -1.85. The summed E-state index contributed by atoms with van der Waals surface area (Å²) in [6.45, 7) is 5.67. The standard InChI is InChI=1S/C17H21FN4O5/c1-17(2,3)22-13(20-25-4)8-26-11-6-9(5-10(18)14(11)22)21-7-12(15(19)23)27-16(21)24/h5-6,12H,7-8H2,1-4H3,(H2,19,23)/t12-/m1/s1. The number of cyclic esters (lactones) is 1. The molecule has 9 nitrogen and oxygen atoms in total. The number of anilines is 2. The van der Waals surface area contributed by atoms with Crippen LogP contribution in [-0.2, 0) is 14.4 Å². The number of nitrogens with zero attached hydrogens (tertiary/aromatic N) is 3. The summed E-state index contributed by atoms with van der Waals surface area (Å²) < 4.78 is 25.6. The van der Waals surface area contributed by atoms with Gasteiger partial charge in [-0.25, -0.2) is 9.18 Å². The Morgan fingerprint density at radius 3 is 2.67 bits per heavy atom. The monoisotopic (exact) mass is 380 g/mol. The van der Waals surface area contributed by atoms with Gasteiger partial charge in [0.25, 0.3) is 5.91 Å². The topological polar surface area (TPSA) is 107 Å². The second-order valence-electron chi connectivity index (χ2n) is 7.14. The third kappa shape index (κ3) is 3.34. The Balaban J connectivity index is 2.04. The van der Waals surface area contributed by atoms with Crippen LogP contribution >= 0.6 is 0 Å². The zero-order chi connectivity index (χ0) is 19.9. The molecule has 2 amide bonds. The molecule has 2 aliphatic heterocycles. The van der Waals surface area contributed by atoms with Crippen LogP contribution in [0.2, 0.25) is 0 Å². The van der Waals surface area contributed by atoms with Crippen LogP contribution in [0, 0.1) is 5.82 Å². The number of carbonyl (C=O) groups excluding carboxylic acids is 2. The molecule has 1 fully saturated rings. The number of oxime groups is 1. The lowest BCUT2D eigenvalue weighted by molar-refractivity contribution is -0.124. The number of halogens is 1. The lowest BCUT2D eigenvalue weighted by Gasteiger charge is -2.41. The van der Waals surface area contributed by atoms with Crippen molar-refractivity contribution in [2.24, 2.45) is 10.9 Å². The Hall–Kier alpha value is -3.04. The minimum atomic E-state index is -1.08. The number of carbonyl (C=O) groups is 2. The lowest BCUT2D eigenvalue weighted by atomic mass is 10.0. The molecule has 0 spiro atoms. The molecule has 27 heavy (non-hydrogen) atoms. The third-order valence-corrected chi connectivity index (χ3v) is 4.16. The molecule has 0 aliphatic carbocycles. The second kappa shape index (κ2) is 6.60. The van der Waals surface area contributed by atoms with Gasteiger partial charge in [0, 0.05) is 17.7 Å². The molecule has 0 saturated carbocycles. The summed E-state index contributed by atoms with van der Waals surface area (Å²) in [5, 5.41) is 3.93. The van der Waals surface area contributed by atoms with E-state index >= 15 is 4.39 Å². The van der Waals surface area contributed by atoms with Gasteiger partial charge in [-0.15, -0.1) is 0 Å². The number of amides is 2. The number of hydrogen-bond acceptors (Lipinski definition) is 6. The number of rotatable bonds is 3. The normalized spacial score (nSPS) is 21.0. The highest BCUT2D eigenvalue weighted by Crippen LogP contribution is 2.42. The Morgan fingerprint density at radius 1 is 1.41 bits per heavy atom. The smallest absolute Gasteiger partial charge is 0.415 e. The maximum Gasteiger partial charge on any atom is 0.415 e. The zero-order valence-electron chi connectivity index (χ0n) is 15.5. The van der Waals surface area contributed by atoms with Crippen LogP contribution in [-0.4, -0.2) is 49.7 Å². The minimum Gasteiger partial charge on any atom is -0.483 e. The summed E-state index contributed by atoms with van der Waals surface area (Å²) in [6, 6.07) is 2.70. The average Bonchev–Trinajstić information content (AvgIpc) is 2.96. The molecule has 1 saturated heterocycles. The summed E-state index contributed by atoms with van der Waals surface area (Å²) in [4.78, 5) is 30.9. The Bertz CT molecular complexity index is 820. The van der Waals surface area contributed by atoms with Crippen molar-refractivity contribution in [2.75, 3.05) is 30.1 Å². The van der Waals surface area contributed by atoms with E-state index in [-0.39, 0.29) is 30.3 Å². The van der Waals surface area contributed by atoms with Gasteiger partial charge in [-0.05, 0) is 20.8 Å². The van der Waals surface area contributed by atoms with Crippen LogP contribution < -0.4 is 20.3 Å². The van der Waals surface area contributed by atoms with Gasteiger partial charge in [-0.1, -0.05) is 5.16 Å². The zero-order valence-corrected chi connectivity index (χ0v) is 15.5. The molecule has 2 N–H and O–H groups in total. The molecule has 2 heterocycles. The predicted octanol–water partition coefficient (Wildman–Crippen LogP) is 1.59. The first-order valence-electron chi connectivity index (χ1n) is 8.27. The van der Waals surface area contributed by atoms with E-state index in [2.05, 4.69) is 5.16 Å². The molecular weight excluding hydrogens is 359 g/mol. The van der Waals surface area contributed by atoms with E-state index in [1.165, 1.54) is 19.2 Å². The van der Waals surface area contributed by atoms with Gasteiger partial charge in [-0.3, -0.25) is 9.69 Å². The predicted molar refractivity (Wildman–Crippen MR) is 95.4 cm³/mol. The molecule has 1 atom stereocenters. The molecule has 0 radical (unpaired) electrons. The molecule has 1 aromatic carbocycles. The van der Waals surface area contributed by atoms with Crippen LogP contribution in [0.1, 0.15) is 20.8 Å². The summed E-state index contributed by atoms with van der Waals surface area (Å²) in [5.41, 5.74) is 5.06. The Labute approximate surface area is 155 Å². The van der Waals surface area contributed by atoms with Crippen LogP contribution in [0.3, 0.4) is 0 Å². The van der Waals surface area contributed by atoms with Gasteiger partial charge >= 0.3 is 6.09 Å². The van der Waals surface area contributed by atoms with Crippen LogP contribution in [0.25, 0.3) is 0 Å². The van der Waals surface area contributed by atoms with E-state index in [4.69, 9.17) is 20.0 Å². The lowest BCUT2D eigenvalue weighted by Crippen LogP contribution is -2.51. The maximum atomic E-state index is 15.1. The van der Waals surface area contributed by atoms with E-state index in [0.717, 1.165) is 4.90 Å². The van der Waals surface area contributed by atoms with Gasteiger partial charge in [0.05, 0.1) is 12.2 Å². The van der Waals surface area contributed by atoms with Crippen LogP contribution in [0.15, 0.2) is 17.3 Å². The molecule has 2 aliphatic rings. The quantitative estimate of drug-likeness (QED) is 0.798. The van der Waals surface area contributed by atoms with Crippen LogP contribution in [0.4, 0.5) is 20.6 Å². The van der Waals surface area contributed by atoms with Gasteiger partial charge in [0.2, 0.25) is 0 Å². The number of benzene rings is 1. The fourth-order valence-electron chi connectivity index (χ4n) is 3.10. The Morgan fingerprint density at radius 2 is 2.11 bits per heavy atom. The molecule has 1 aromatic rings. The van der Waals surface area contributed by atoms with Gasteiger partial charge in [-0.2, -0.15) is 0 Å². The molecule has 0 unspecified atom stereocenters. The van der Waals surface area contributed by atoms with Gasteiger partial charge in [0.1, 0.15) is 25.2 Å². The van der Waals surface area contributed by atoms with Crippen molar-refractivity contribution < 1.29 is 28.3 Å². The highest BCUT2D eigenvalue weighted by atomic mass is 19.1. The summed E-state index contributed by atoms with van der Waals surface area (Å²) in [7, 11) is 1.40. The van der Waals surface area contributed by atoms with E-state index < -0.39 is 29.5 Å². The van der Waals surface area contributed by atoms with Gasteiger partial charge < -0.3 is 24.9 Å². The van der Waals surface area contributed by atoms with Crippen LogP contribution in [0.5, 0.6) is 5.75 Å². The highest BCUT2D eigenvalue weighted by molar-refractivity contribution is 6.03. The molecule has 0 aromatic heterocycles. The number of hydrogen-bond donors (Lipinski definition) is 1. The number of nitrogens with two attached hydrogens (primary N) is 1. The number of ether oxygens (including phenoxy) is 2. The SMILES string of the molecule is CON=C1COc2cc(N3C[C@H](C(N)=O)OC3=O)cc(F)c2N1C(C)(C)C. The average molecular weight is 380 g/mol. The Kier molecular flexibility index (Phi) is 4.58. The van der Waals surface area contributed by atoms with E-state index in [9.17, 15) is 9.59 Å². The summed E-state index contributed by atoms with van der Waals surface area (Å²) in [5.74, 6) is -0.722. The third-order valence-electron chi connectivity index (χ3n) is 4.16. The van der Waals surface area contributed by atoms with Crippen molar-refractivity contribution in [3.05, 3.63) is 17.9 Å². The van der Waals surface area contributed by atoms with Crippen molar-refractivity contribution in [1.29, 1.82) is 0 Å². The summed E-state index contributed by atoms with van der Waals surface area (Å²) >= 11 is 0. The van der Waals surface area contributed by atoms with E-state index in [1.54, 1.807) is 4.90 Å². The first-order chi connectivity index (χ1) is 12.6. The number of amidine groups is 1.